The van der Waals surface area contributed by atoms with Crippen LogP contribution in [0.2, 0.25) is 5.02 Å². The van der Waals surface area contributed by atoms with Crippen molar-refractivity contribution in [1.82, 2.24) is 5.32 Å². The van der Waals surface area contributed by atoms with Crippen LogP contribution in [0.1, 0.15) is 29.7 Å². The molecule has 0 fully saturated rings. The molecule has 1 aliphatic heterocycles. The Labute approximate surface area is 237 Å². The SMILES string of the molecule is CC1=C(C(=O)Nc2cc(C(F)(F)F)ccc2Cl)C(c2ccco2)C(C#N)=C(SCC(=O)Nc2cccc(C)c2)N1. The van der Waals surface area contributed by atoms with E-state index in [1.165, 1.54) is 6.26 Å². The predicted octanol–water partition coefficient (Wildman–Crippen LogP) is 6.97. The van der Waals surface area contributed by atoms with Crippen molar-refractivity contribution in [3.63, 3.8) is 0 Å². The fourth-order valence-electron chi connectivity index (χ4n) is 4.11. The number of benzene rings is 2. The molecular weight excluding hydrogens is 565 g/mol. The number of nitriles is 1. The minimum absolute atomic E-state index is 0.0407. The number of thioether (sulfide) groups is 1. The summed E-state index contributed by atoms with van der Waals surface area (Å²) in [7, 11) is 0. The van der Waals surface area contributed by atoms with Crippen LogP contribution in [0.5, 0.6) is 0 Å². The largest absolute Gasteiger partial charge is 0.468 e. The Bertz CT molecular complexity index is 1560. The summed E-state index contributed by atoms with van der Waals surface area (Å²) in [6.07, 6.45) is -3.26. The molecule has 4 rings (SSSR count). The summed E-state index contributed by atoms with van der Waals surface area (Å²) in [4.78, 5) is 26.1. The highest BCUT2D eigenvalue weighted by atomic mass is 35.5. The number of allylic oxidation sites excluding steroid dienone is 2. The molecule has 1 aliphatic rings. The summed E-state index contributed by atoms with van der Waals surface area (Å²) < 4.78 is 45.3. The van der Waals surface area contributed by atoms with Gasteiger partial charge in [-0.25, -0.2) is 0 Å². The standard InChI is InChI=1S/C28H22ClF3N4O3S/c1-15-5-3-6-18(11-15)35-23(37)14-40-27-19(13-33)25(22-7-4-10-39-22)24(16(2)34-27)26(38)36-21-12-17(28(30,31)32)8-9-20(21)29/h3-12,25,34H,14H2,1-2H3,(H,35,37)(H,36,38). The normalized spacial score (nSPS) is 15.4. The van der Waals surface area contributed by atoms with Gasteiger partial charge in [-0.3, -0.25) is 9.59 Å². The summed E-state index contributed by atoms with van der Waals surface area (Å²) in [5.41, 5.74) is 0.866. The molecule has 3 aromatic rings. The third kappa shape index (κ3) is 6.52. The van der Waals surface area contributed by atoms with Crippen molar-refractivity contribution in [2.75, 3.05) is 16.4 Å². The number of anilines is 2. The van der Waals surface area contributed by atoms with Gasteiger partial charge in [0.1, 0.15) is 5.76 Å². The number of hydrogen-bond acceptors (Lipinski definition) is 6. The van der Waals surface area contributed by atoms with E-state index < -0.39 is 23.6 Å². The van der Waals surface area contributed by atoms with Crippen molar-refractivity contribution in [3.8, 4) is 6.07 Å². The van der Waals surface area contributed by atoms with Gasteiger partial charge in [-0.2, -0.15) is 18.4 Å². The van der Waals surface area contributed by atoms with E-state index in [-0.39, 0.29) is 39.3 Å². The van der Waals surface area contributed by atoms with E-state index in [1.54, 1.807) is 25.1 Å². The molecule has 1 aromatic heterocycles. The first kappa shape index (κ1) is 28.9. The monoisotopic (exact) mass is 586 g/mol. The van der Waals surface area contributed by atoms with Crippen LogP contribution in [-0.2, 0) is 15.8 Å². The van der Waals surface area contributed by atoms with E-state index >= 15 is 0 Å². The number of carbonyl (C=O) groups excluding carboxylic acids is 2. The van der Waals surface area contributed by atoms with Gasteiger partial charge in [0.25, 0.3) is 5.91 Å². The number of carbonyl (C=O) groups is 2. The second-order valence-electron chi connectivity index (χ2n) is 8.82. The zero-order valence-corrected chi connectivity index (χ0v) is 22.7. The van der Waals surface area contributed by atoms with Crippen molar-refractivity contribution >= 4 is 46.6 Å². The average molecular weight is 587 g/mol. The van der Waals surface area contributed by atoms with Gasteiger partial charge in [0.2, 0.25) is 5.91 Å². The highest BCUT2D eigenvalue weighted by Gasteiger charge is 2.37. The van der Waals surface area contributed by atoms with Gasteiger partial charge in [-0.1, -0.05) is 35.5 Å². The van der Waals surface area contributed by atoms with Gasteiger partial charge < -0.3 is 20.4 Å². The van der Waals surface area contributed by atoms with Gasteiger partial charge >= 0.3 is 6.18 Å². The molecule has 1 unspecified atom stereocenters. The minimum Gasteiger partial charge on any atom is -0.468 e. The van der Waals surface area contributed by atoms with E-state index in [9.17, 15) is 28.0 Å². The van der Waals surface area contributed by atoms with Crippen molar-refractivity contribution < 1.29 is 27.2 Å². The Morgan fingerprint density at radius 3 is 2.55 bits per heavy atom. The average Bonchev–Trinajstić information content (AvgIpc) is 3.42. The number of hydrogen-bond donors (Lipinski definition) is 3. The molecule has 1 atom stereocenters. The Morgan fingerprint density at radius 2 is 1.90 bits per heavy atom. The van der Waals surface area contributed by atoms with Gasteiger partial charge in [0, 0.05) is 11.4 Å². The Balaban J connectivity index is 1.61. The second kappa shape index (κ2) is 11.9. The molecule has 0 saturated heterocycles. The van der Waals surface area contributed by atoms with Crippen LogP contribution in [0.15, 0.2) is 87.1 Å². The van der Waals surface area contributed by atoms with Gasteiger partial charge in [-0.05, 0) is 61.9 Å². The van der Waals surface area contributed by atoms with Crippen molar-refractivity contribution in [3.05, 3.63) is 105 Å². The van der Waals surface area contributed by atoms with Crippen LogP contribution in [0.3, 0.4) is 0 Å². The Morgan fingerprint density at radius 1 is 1.12 bits per heavy atom. The minimum atomic E-state index is -4.64. The first-order valence-electron chi connectivity index (χ1n) is 11.8. The van der Waals surface area contributed by atoms with E-state index in [0.29, 0.717) is 16.4 Å². The smallest absolute Gasteiger partial charge is 0.416 e. The fourth-order valence-corrected chi connectivity index (χ4v) is 5.17. The molecule has 2 heterocycles. The molecule has 7 nitrogen and oxygen atoms in total. The summed E-state index contributed by atoms with van der Waals surface area (Å²) in [6, 6.07) is 15.2. The summed E-state index contributed by atoms with van der Waals surface area (Å²) in [5.74, 6) is -1.85. The maximum Gasteiger partial charge on any atom is 0.416 e. The summed E-state index contributed by atoms with van der Waals surface area (Å²) >= 11 is 7.15. The highest BCUT2D eigenvalue weighted by molar-refractivity contribution is 8.03. The maximum atomic E-state index is 13.5. The topological polar surface area (TPSA) is 107 Å². The lowest BCUT2D eigenvalue weighted by Crippen LogP contribution is -2.31. The first-order chi connectivity index (χ1) is 19.0. The number of amides is 2. The van der Waals surface area contributed by atoms with Crippen LogP contribution in [-0.4, -0.2) is 17.6 Å². The zero-order valence-electron chi connectivity index (χ0n) is 21.2. The van der Waals surface area contributed by atoms with E-state index in [4.69, 9.17) is 16.0 Å². The summed E-state index contributed by atoms with van der Waals surface area (Å²) in [5, 5.41) is 18.6. The number of alkyl halides is 3. The molecule has 2 aromatic carbocycles. The molecule has 0 bridgehead atoms. The molecule has 0 radical (unpaired) electrons. The lowest BCUT2D eigenvalue weighted by atomic mass is 9.85. The van der Waals surface area contributed by atoms with Gasteiger partial charge in [0.05, 0.1) is 56.5 Å². The van der Waals surface area contributed by atoms with E-state index in [0.717, 1.165) is 35.5 Å². The van der Waals surface area contributed by atoms with Crippen molar-refractivity contribution in [2.45, 2.75) is 25.9 Å². The van der Waals surface area contributed by atoms with E-state index in [2.05, 4.69) is 22.0 Å². The number of furan rings is 1. The molecule has 206 valence electrons. The molecule has 40 heavy (non-hydrogen) atoms. The predicted molar refractivity (Wildman–Crippen MR) is 147 cm³/mol. The molecule has 3 N–H and O–H groups in total. The molecule has 0 aliphatic carbocycles. The molecule has 0 spiro atoms. The quantitative estimate of drug-likeness (QED) is 0.276. The Hall–Kier alpha value is -4.14. The second-order valence-corrected chi connectivity index (χ2v) is 10.2. The van der Waals surface area contributed by atoms with Gasteiger partial charge in [0.15, 0.2) is 0 Å². The summed E-state index contributed by atoms with van der Waals surface area (Å²) in [6.45, 7) is 3.49. The van der Waals surface area contributed by atoms with Crippen LogP contribution in [0.25, 0.3) is 0 Å². The van der Waals surface area contributed by atoms with Crippen molar-refractivity contribution in [2.24, 2.45) is 0 Å². The number of rotatable bonds is 7. The third-order valence-electron chi connectivity index (χ3n) is 5.91. The number of dihydropyridines is 1. The maximum absolute atomic E-state index is 13.5. The van der Waals surface area contributed by atoms with E-state index in [1.807, 2.05) is 25.1 Å². The van der Waals surface area contributed by atoms with Crippen LogP contribution in [0.4, 0.5) is 24.5 Å². The molecule has 2 amide bonds. The Kier molecular flexibility index (Phi) is 8.61. The first-order valence-corrected chi connectivity index (χ1v) is 13.2. The number of halogens is 4. The van der Waals surface area contributed by atoms with Crippen LogP contribution < -0.4 is 16.0 Å². The van der Waals surface area contributed by atoms with Gasteiger partial charge in [-0.15, -0.1) is 0 Å². The highest BCUT2D eigenvalue weighted by Crippen LogP contribution is 2.42. The molecule has 12 heteroatoms. The van der Waals surface area contributed by atoms with Crippen molar-refractivity contribution in [1.29, 1.82) is 5.26 Å². The fraction of sp³-hybridized carbons (Fsp3) is 0.179. The number of nitrogens with one attached hydrogen (secondary N) is 3. The number of aryl methyl sites for hydroxylation is 1. The van der Waals surface area contributed by atoms with Crippen LogP contribution in [0, 0.1) is 18.3 Å². The molecule has 0 saturated carbocycles. The third-order valence-corrected chi connectivity index (χ3v) is 7.26. The zero-order chi connectivity index (χ0) is 29.0. The molecular formula is C28H22ClF3N4O3S. The number of nitrogens with zero attached hydrogens (tertiary/aromatic N) is 1. The lowest BCUT2D eigenvalue weighted by Gasteiger charge is -2.28. The van der Waals surface area contributed by atoms with Crippen LogP contribution >= 0.6 is 23.4 Å². The lowest BCUT2D eigenvalue weighted by molar-refractivity contribution is -0.137.